The van der Waals surface area contributed by atoms with Crippen LogP contribution >= 0.6 is 20.1 Å². The third kappa shape index (κ3) is 7.02. The largest absolute Gasteiger partial charge is 0.462 e. The van der Waals surface area contributed by atoms with E-state index in [2.05, 4.69) is 5.09 Å². The van der Waals surface area contributed by atoms with E-state index in [4.69, 9.17) is 25.4 Å². The lowest BCUT2D eigenvalue weighted by atomic mass is 10.3. The molecule has 2 rings (SSSR count). The van der Waals surface area contributed by atoms with Crippen LogP contribution in [-0.2, 0) is 9.53 Å². The summed E-state index contributed by atoms with van der Waals surface area (Å²) in [5.74, 6) is 0.243. The van der Waals surface area contributed by atoms with Crippen molar-refractivity contribution in [1.29, 1.82) is 0 Å². The predicted molar refractivity (Wildman–Crippen MR) is 102 cm³/mol. The fraction of sp³-hybridized carbons (Fsp3) is 0.235. The fourth-order valence-corrected chi connectivity index (χ4v) is 3.20. The van der Waals surface area contributed by atoms with Crippen LogP contribution in [-0.4, -0.2) is 23.5 Å². The van der Waals surface area contributed by atoms with Gasteiger partial charge < -0.3 is 13.8 Å². The van der Waals surface area contributed by atoms with E-state index in [9.17, 15) is 14.9 Å². The molecule has 1 unspecified atom stereocenters. The number of benzene rings is 2. The topological polar surface area (TPSA) is 99.9 Å². The van der Waals surface area contributed by atoms with E-state index in [0.29, 0.717) is 5.75 Å². The summed E-state index contributed by atoms with van der Waals surface area (Å²) in [4.78, 5) is 22.0. The highest BCUT2D eigenvalue weighted by atomic mass is 35.5. The summed E-state index contributed by atoms with van der Waals surface area (Å²) in [5, 5.41) is 13.7. The van der Waals surface area contributed by atoms with Crippen LogP contribution in [0.5, 0.6) is 11.5 Å². The Hall–Kier alpha value is -2.41. The number of para-hydroxylation sites is 1. The first-order valence-electron chi connectivity index (χ1n) is 7.93. The average Bonchev–Trinajstić information content (AvgIpc) is 2.61. The summed E-state index contributed by atoms with van der Waals surface area (Å²) in [6.45, 7) is 3.35. The van der Waals surface area contributed by atoms with Gasteiger partial charge >= 0.3 is 14.5 Å². The van der Waals surface area contributed by atoms with E-state index in [1.165, 1.54) is 18.2 Å². The maximum Gasteiger partial charge on any atom is 0.382 e. The molecule has 10 heteroatoms. The van der Waals surface area contributed by atoms with Gasteiger partial charge in [0.1, 0.15) is 18.0 Å². The number of carbonyl (C=O) groups is 1. The van der Waals surface area contributed by atoms with Crippen LogP contribution in [0.3, 0.4) is 0 Å². The van der Waals surface area contributed by atoms with Gasteiger partial charge in [0.15, 0.2) is 0 Å². The highest BCUT2D eigenvalue weighted by Crippen LogP contribution is 2.40. The van der Waals surface area contributed by atoms with Gasteiger partial charge in [-0.1, -0.05) is 29.8 Å². The number of ether oxygens (including phenoxy) is 1. The van der Waals surface area contributed by atoms with E-state index < -0.39 is 19.4 Å². The van der Waals surface area contributed by atoms with Crippen LogP contribution in [0.1, 0.15) is 13.8 Å². The van der Waals surface area contributed by atoms with Gasteiger partial charge in [0.05, 0.1) is 16.0 Å². The van der Waals surface area contributed by atoms with Crippen molar-refractivity contribution in [3.05, 3.63) is 63.7 Å². The zero-order chi connectivity index (χ0) is 19.8. The third-order valence-electron chi connectivity index (χ3n) is 2.96. The number of nitrogens with zero attached hydrogens (tertiary/aromatic N) is 1. The van der Waals surface area contributed by atoms with Crippen molar-refractivity contribution in [1.82, 2.24) is 5.09 Å². The number of rotatable bonds is 9. The second kappa shape index (κ2) is 10.1. The molecule has 0 bridgehead atoms. The van der Waals surface area contributed by atoms with Crippen molar-refractivity contribution in [2.24, 2.45) is 0 Å². The molecule has 0 heterocycles. The number of carbonyl (C=O) groups excluding carboxylic acids is 1. The molecule has 0 aromatic heterocycles. The van der Waals surface area contributed by atoms with E-state index in [1.807, 2.05) is 6.07 Å². The smallest absolute Gasteiger partial charge is 0.382 e. The summed E-state index contributed by atoms with van der Waals surface area (Å²) >= 11 is 6.06. The van der Waals surface area contributed by atoms with Gasteiger partial charge in [-0.05, 0) is 32.0 Å². The number of nitro groups is 1. The number of hydrogen-bond donors (Lipinski definition) is 1. The Morgan fingerprint density at radius 3 is 2.52 bits per heavy atom. The summed E-state index contributed by atoms with van der Waals surface area (Å²) in [7, 11) is -1.82. The first kappa shape index (κ1) is 20.9. The van der Waals surface area contributed by atoms with Gasteiger partial charge in [-0.25, -0.2) is 5.09 Å². The number of esters is 1. The van der Waals surface area contributed by atoms with Crippen molar-refractivity contribution in [3.63, 3.8) is 0 Å². The second-order valence-electron chi connectivity index (χ2n) is 5.50. The molecular formula is C17H18ClN2O6P. The summed E-state index contributed by atoms with van der Waals surface area (Å²) in [5.41, 5.74) is -0.158. The summed E-state index contributed by atoms with van der Waals surface area (Å²) < 4.78 is 16.5. The molecule has 0 fully saturated rings. The van der Waals surface area contributed by atoms with E-state index in [-0.39, 0.29) is 29.1 Å². The maximum atomic E-state index is 11.8. The lowest BCUT2D eigenvalue weighted by Crippen LogP contribution is -2.26. The average molecular weight is 413 g/mol. The summed E-state index contributed by atoms with van der Waals surface area (Å²) in [6.07, 6.45) is -0.245. The van der Waals surface area contributed by atoms with Gasteiger partial charge in [-0.15, -0.1) is 0 Å². The van der Waals surface area contributed by atoms with Crippen molar-refractivity contribution in [2.45, 2.75) is 20.0 Å². The number of halogens is 1. The van der Waals surface area contributed by atoms with Crippen molar-refractivity contribution >= 4 is 31.8 Å². The Kier molecular flexibility index (Phi) is 7.79. The first-order chi connectivity index (χ1) is 12.8. The molecule has 0 aliphatic rings. The molecule has 8 nitrogen and oxygen atoms in total. The monoisotopic (exact) mass is 412 g/mol. The molecule has 2 aromatic carbocycles. The molecule has 0 saturated heterocycles. The Morgan fingerprint density at radius 2 is 1.93 bits per heavy atom. The molecule has 1 N–H and O–H groups in total. The minimum atomic E-state index is -1.82. The van der Waals surface area contributed by atoms with E-state index in [0.717, 1.165) is 0 Å². The Morgan fingerprint density at radius 1 is 1.22 bits per heavy atom. The quantitative estimate of drug-likeness (QED) is 0.280. The second-order valence-corrected chi connectivity index (χ2v) is 7.10. The molecule has 2 aromatic rings. The zero-order valence-corrected chi connectivity index (χ0v) is 16.3. The van der Waals surface area contributed by atoms with Gasteiger partial charge in [0.2, 0.25) is 0 Å². The predicted octanol–water partition coefficient (Wildman–Crippen LogP) is 4.47. The molecule has 1 atom stereocenters. The van der Waals surface area contributed by atoms with Crippen LogP contribution in [0.25, 0.3) is 0 Å². The van der Waals surface area contributed by atoms with E-state index in [1.54, 1.807) is 38.1 Å². The molecule has 27 heavy (non-hydrogen) atoms. The number of nitrogens with one attached hydrogen (secondary N) is 1. The number of non-ortho nitro benzene ring substituents is 1. The maximum absolute atomic E-state index is 11.8. The third-order valence-corrected chi connectivity index (χ3v) is 4.41. The highest BCUT2D eigenvalue weighted by molar-refractivity contribution is 7.45. The van der Waals surface area contributed by atoms with Gasteiger partial charge in [-0.3, -0.25) is 14.9 Å². The van der Waals surface area contributed by atoms with Crippen molar-refractivity contribution < 1.29 is 23.5 Å². The SMILES string of the molecule is CC(C)OC(=O)CNP(Oc1ccccc1)Oc1ccc([N+](=O)[O-])cc1Cl. The minimum Gasteiger partial charge on any atom is -0.462 e. The Labute approximate surface area is 162 Å². The normalized spacial score (nSPS) is 11.7. The van der Waals surface area contributed by atoms with Crippen LogP contribution in [0.4, 0.5) is 5.69 Å². The molecule has 0 saturated carbocycles. The molecule has 144 valence electrons. The van der Waals surface area contributed by atoms with Gasteiger partial charge in [0.25, 0.3) is 5.69 Å². The first-order valence-corrected chi connectivity index (χ1v) is 9.48. The zero-order valence-electron chi connectivity index (χ0n) is 14.6. The Balaban J connectivity index is 2.11. The minimum absolute atomic E-state index is 0.0555. The van der Waals surface area contributed by atoms with E-state index >= 15 is 0 Å². The molecule has 0 radical (unpaired) electrons. The van der Waals surface area contributed by atoms with Crippen molar-refractivity contribution in [3.8, 4) is 11.5 Å². The summed E-state index contributed by atoms with van der Waals surface area (Å²) in [6, 6.07) is 12.7. The molecule has 0 amide bonds. The number of hydrogen-bond acceptors (Lipinski definition) is 7. The fourth-order valence-electron chi connectivity index (χ4n) is 1.86. The van der Waals surface area contributed by atoms with Crippen LogP contribution in [0.15, 0.2) is 48.5 Å². The molecular weight excluding hydrogens is 395 g/mol. The molecule has 0 aliphatic carbocycles. The lowest BCUT2D eigenvalue weighted by molar-refractivity contribution is -0.384. The number of nitro benzene ring substituents is 1. The van der Waals surface area contributed by atoms with Crippen LogP contribution in [0, 0.1) is 10.1 Å². The van der Waals surface area contributed by atoms with Gasteiger partial charge in [-0.2, -0.15) is 0 Å². The standard InChI is InChI=1S/C17H18ClN2O6P/c1-12(2)24-17(21)11-19-27(25-14-6-4-3-5-7-14)26-16-9-8-13(20(22)23)10-15(16)18/h3-10,12,19H,11H2,1-2H3. The van der Waals surface area contributed by atoms with Crippen molar-refractivity contribution in [2.75, 3.05) is 6.54 Å². The van der Waals surface area contributed by atoms with Crippen LogP contribution < -0.4 is 14.1 Å². The van der Waals surface area contributed by atoms with Crippen LogP contribution in [0.2, 0.25) is 5.02 Å². The Bertz CT molecular complexity index is 790. The lowest BCUT2D eigenvalue weighted by Gasteiger charge is -2.19. The highest BCUT2D eigenvalue weighted by Gasteiger charge is 2.20. The van der Waals surface area contributed by atoms with Gasteiger partial charge in [0, 0.05) is 12.1 Å². The molecule has 0 spiro atoms. The molecule has 0 aliphatic heterocycles.